The van der Waals surface area contributed by atoms with Crippen LogP contribution in [0.15, 0.2) is 152 Å². The zero-order valence-electron chi connectivity index (χ0n) is 25.8. The maximum atomic E-state index is 5.11. The van der Waals surface area contributed by atoms with Crippen LogP contribution in [0.4, 0.5) is 0 Å². The third-order valence-electron chi connectivity index (χ3n) is 9.65. The van der Waals surface area contributed by atoms with Crippen molar-refractivity contribution >= 4 is 21.8 Å². The van der Waals surface area contributed by atoms with Crippen molar-refractivity contribution in [2.45, 2.75) is 19.3 Å². The van der Waals surface area contributed by atoms with Gasteiger partial charge in [0, 0.05) is 45.4 Å². The molecule has 0 amide bonds. The quantitative estimate of drug-likeness (QED) is 0.204. The Hall–Kier alpha value is -5.80. The molecule has 0 fully saturated rings. The Bertz CT molecular complexity index is 2380. The van der Waals surface area contributed by atoms with Gasteiger partial charge in [-0.15, -0.1) is 0 Å². The van der Waals surface area contributed by atoms with Crippen LogP contribution >= 0.6 is 0 Å². The van der Waals surface area contributed by atoms with Crippen molar-refractivity contribution < 1.29 is 0 Å². The van der Waals surface area contributed by atoms with E-state index in [0.717, 1.165) is 39.3 Å². The van der Waals surface area contributed by atoms with Gasteiger partial charge in [-0.2, -0.15) is 0 Å². The molecule has 3 aromatic heterocycles. The van der Waals surface area contributed by atoms with Crippen LogP contribution in [0.2, 0.25) is 0 Å². The van der Waals surface area contributed by atoms with Gasteiger partial charge in [0.1, 0.15) is 0 Å². The topological polar surface area (TPSA) is 30.7 Å². The maximum absolute atomic E-state index is 5.11. The van der Waals surface area contributed by atoms with Crippen molar-refractivity contribution in [3.8, 4) is 50.5 Å². The van der Waals surface area contributed by atoms with E-state index in [1.807, 2.05) is 24.5 Å². The van der Waals surface area contributed by atoms with E-state index in [9.17, 15) is 0 Å². The van der Waals surface area contributed by atoms with Crippen molar-refractivity contribution in [1.29, 1.82) is 0 Å². The normalized spacial score (nSPS) is 13.2. The molecule has 0 N–H and O–H groups in total. The van der Waals surface area contributed by atoms with Gasteiger partial charge in [-0.1, -0.05) is 111 Å². The third-order valence-corrected chi connectivity index (χ3v) is 9.65. The minimum Gasteiger partial charge on any atom is -0.309 e. The fourth-order valence-corrected chi connectivity index (χ4v) is 7.51. The Balaban J connectivity index is 1.27. The summed E-state index contributed by atoms with van der Waals surface area (Å²) >= 11 is 0. The summed E-state index contributed by atoms with van der Waals surface area (Å²) in [6, 6.07) is 49.9. The minimum atomic E-state index is -0.159. The number of aromatic nitrogens is 3. The highest BCUT2D eigenvalue weighted by Crippen LogP contribution is 2.53. The monoisotopic (exact) mass is 589 g/mol. The average Bonchev–Trinajstić information content (AvgIpc) is 3.57. The molecule has 218 valence electrons. The summed E-state index contributed by atoms with van der Waals surface area (Å²) in [5.41, 5.74) is 15.1. The molecule has 0 atom stereocenters. The molecule has 0 saturated carbocycles. The van der Waals surface area contributed by atoms with Crippen LogP contribution in [0.5, 0.6) is 0 Å². The van der Waals surface area contributed by atoms with Crippen LogP contribution in [0, 0.1) is 0 Å². The van der Waals surface area contributed by atoms with Crippen molar-refractivity contribution in [2.75, 3.05) is 0 Å². The standard InChI is InChI=1S/C43H31N3/c1-43(2)36-27-44-23-22-33(36)34-20-21-40-41(42(34)43)35-18-9-10-19-39(35)46(40)32-17-11-16-30(24-32)31-25-37(28-12-5-3-6-13-28)45-38(26-31)29-14-7-4-8-15-29/h3-27H,1-2H3. The van der Waals surface area contributed by atoms with Gasteiger partial charge in [0.05, 0.1) is 22.4 Å². The lowest BCUT2D eigenvalue weighted by Crippen LogP contribution is -2.15. The summed E-state index contributed by atoms with van der Waals surface area (Å²) in [4.78, 5) is 9.62. The van der Waals surface area contributed by atoms with Crippen molar-refractivity contribution in [2.24, 2.45) is 0 Å². The molecule has 3 heterocycles. The molecule has 46 heavy (non-hydrogen) atoms. The minimum absolute atomic E-state index is 0.159. The van der Waals surface area contributed by atoms with Gasteiger partial charge >= 0.3 is 0 Å². The molecule has 1 aliphatic carbocycles. The second-order valence-electron chi connectivity index (χ2n) is 12.7. The molecule has 0 unspecified atom stereocenters. The molecular formula is C43H31N3. The second kappa shape index (κ2) is 10.1. The molecule has 3 heteroatoms. The van der Waals surface area contributed by atoms with Crippen LogP contribution in [0.1, 0.15) is 25.0 Å². The van der Waals surface area contributed by atoms with E-state index in [1.54, 1.807) is 0 Å². The highest BCUT2D eigenvalue weighted by Gasteiger charge is 2.38. The summed E-state index contributed by atoms with van der Waals surface area (Å²) in [5.74, 6) is 0. The van der Waals surface area contributed by atoms with Crippen LogP contribution < -0.4 is 0 Å². The molecule has 0 bridgehead atoms. The van der Waals surface area contributed by atoms with Crippen molar-refractivity contribution in [3.05, 3.63) is 163 Å². The summed E-state index contributed by atoms with van der Waals surface area (Å²) in [7, 11) is 0. The summed E-state index contributed by atoms with van der Waals surface area (Å²) in [6.45, 7) is 4.67. The second-order valence-corrected chi connectivity index (χ2v) is 12.7. The Labute approximate surface area is 268 Å². The number of nitrogens with zero attached hydrogens (tertiary/aromatic N) is 3. The molecule has 1 aliphatic rings. The average molecular weight is 590 g/mol. The molecule has 0 aliphatic heterocycles. The Morgan fingerprint density at radius 3 is 1.96 bits per heavy atom. The van der Waals surface area contributed by atoms with Crippen LogP contribution in [-0.2, 0) is 5.41 Å². The fourth-order valence-electron chi connectivity index (χ4n) is 7.51. The van der Waals surface area contributed by atoms with Gasteiger partial charge < -0.3 is 4.57 Å². The lowest BCUT2D eigenvalue weighted by molar-refractivity contribution is 0.663. The zero-order chi connectivity index (χ0) is 30.8. The van der Waals surface area contributed by atoms with E-state index in [1.165, 1.54) is 44.1 Å². The molecule has 9 rings (SSSR count). The molecule has 8 aromatic rings. The number of benzene rings is 5. The van der Waals surface area contributed by atoms with Gasteiger partial charge in [-0.3, -0.25) is 4.98 Å². The van der Waals surface area contributed by atoms with Gasteiger partial charge in [-0.05, 0) is 75.8 Å². The summed E-state index contributed by atoms with van der Waals surface area (Å²) in [5, 5.41) is 2.59. The first kappa shape index (κ1) is 26.6. The van der Waals surface area contributed by atoms with Crippen molar-refractivity contribution in [1.82, 2.24) is 14.5 Å². The number of rotatable bonds is 4. The molecule has 0 saturated heterocycles. The lowest BCUT2D eigenvalue weighted by atomic mass is 9.81. The predicted molar refractivity (Wildman–Crippen MR) is 190 cm³/mol. The van der Waals surface area contributed by atoms with Gasteiger partial charge in [-0.25, -0.2) is 4.98 Å². The SMILES string of the molecule is CC1(C)c2cnccc2-c2ccc3c(c21)c1ccccc1n3-c1cccc(-c2cc(-c3ccccc3)nc(-c3ccccc3)c2)c1. The Morgan fingerprint density at radius 2 is 1.22 bits per heavy atom. The van der Waals surface area contributed by atoms with Crippen molar-refractivity contribution in [3.63, 3.8) is 0 Å². The first-order chi connectivity index (χ1) is 22.6. The van der Waals surface area contributed by atoms with E-state index < -0.39 is 0 Å². The summed E-state index contributed by atoms with van der Waals surface area (Å²) < 4.78 is 2.43. The summed E-state index contributed by atoms with van der Waals surface area (Å²) in [6.07, 6.45) is 3.96. The number of para-hydroxylation sites is 1. The number of hydrogen-bond donors (Lipinski definition) is 0. The zero-order valence-corrected chi connectivity index (χ0v) is 25.8. The van der Waals surface area contributed by atoms with E-state index in [-0.39, 0.29) is 5.41 Å². The smallest absolute Gasteiger partial charge is 0.0715 e. The van der Waals surface area contributed by atoms with E-state index in [2.05, 4.69) is 151 Å². The van der Waals surface area contributed by atoms with Crippen LogP contribution in [-0.4, -0.2) is 14.5 Å². The molecule has 3 nitrogen and oxygen atoms in total. The predicted octanol–water partition coefficient (Wildman–Crippen LogP) is 10.9. The number of hydrogen-bond acceptors (Lipinski definition) is 2. The van der Waals surface area contributed by atoms with Crippen LogP contribution in [0.25, 0.3) is 72.3 Å². The van der Waals surface area contributed by atoms with Gasteiger partial charge in [0.15, 0.2) is 0 Å². The van der Waals surface area contributed by atoms with Gasteiger partial charge in [0.25, 0.3) is 0 Å². The number of fused-ring (bicyclic) bond motifs is 7. The highest BCUT2D eigenvalue weighted by atomic mass is 15.0. The highest BCUT2D eigenvalue weighted by molar-refractivity contribution is 6.14. The molecular weight excluding hydrogens is 558 g/mol. The largest absolute Gasteiger partial charge is 0.309 e. The maximum Gasteiger partial charge on any atom is 0.0715 e. The Morgan fingerprint density at radius 1 is 0.543 bits per heavy atom. The third kappa shape index (κ3) is 3.98. The van der Waals surface area contributed by atoms with E-state index in [4.69, 9.17) is 4.98 Å². The number of pyridine rings is 2. The van der Waals surface area contributed by atoms with Crippen LogP contribution in [0.3, 0.4) is 0 Å². The van der Waals surface area contributed by atoms with Gasteiger partial charge in [0.2, 0.25) is 0 Å². The molecule has 0 radical (unpaired) electrons. The molecule has 0 spiro atoms. The first-order valence-corrected chi connectivity index (χ1v) is 15.8. The first-order valence-electron chi connectivity index (χ1n) is 15.8. The lowest BCUT2D eigenvalue weighted by Gasteiger charge is -2.22. The Kier molecular flexibility index (Phi) is 5.85. The molecule has 5 aromatic carbocycles. The van der Waals surface area contributed by atoms with E-state index in [0.29, 0.717) is 0 Å². The van der Waals surface area contributed by atoms with E-state index >= 15 is 0 Å². The fraction of sp³-hybridized carbons (Fsp3) is 0.0698.